The number of aromatic nitrogens is 2. The maximum Gasteiger partial charge on any atom is 0.180 e. The number of benzene rings is 8. The van der Waals surface area contributed by atoms with Crippen LogP contribution in [0.2, 0.25) is 0 Å². The fourth-order valence-corrected chi connectivity index (χ4v) is 7.58. The molecule has 54 heavy (non-hydrogen) atoms. The van der Waals surface area contributed by atoms with Crippen molar-refractivity contribution in [2.45, 2.75) is 4.30 Å². The Balaban J connectivity index is 0.000000140. The molecule has 0 aliphatic carbocycles. The summed E-state index contributed by atoms with van der Waals surface area (Å²) < 4.78 is -0.750. The number of nitrogens with zero attached hydrogens (tertiary/aromatic N) is 2. The zero-order valence-corrected chi connectivity index (χ0v) is 30.9. The van der Waals surface area contributed by atoms with Crippen molar-refractivity contribution >= 4 is 100.0 Å². The molecule has 0 radical (unpaired) electrons. The van der Waals surface area contributed by atoms with Crippen LogP contribution < -0.4 is 0 Å². The Morgan fingerprint density at radius 3 is 1.04 bits per heavy atom. The van der Waals surface area contributed by atoms with Crippen LogP contribution in [0.15, 0.2) is 158 Å². The second kappa shape index (κ2) is 15.0. The van der Waals surface area contributed by atoms with Gasteiger partial charge in [-0.3, -0.25) is 0 Å². The van der Waals surface area contributed by atoms with Crippen LogP contribution in [0, 0.1) is 22.7 Å². The summed E-state index contributed by atoms with van der Waals surface area (Å²) in [7, 11) is 0. The van der Waals surface area contributed by atoms with Crippen LogP contribution >= 0.6 is 34.8 Å². The Morgan fingerprint density at radius 1 is 0.389 bits per heavy atom. The largest absolute Gasteiger partial charge is 0.354 e. The monoisotopic (exact) mass is 754 g/mol. The topological polar surface area (TPSA) is 79.2 Å². The van der Waals surface area contributed by atoms with E-state index in [1.165, 1.54) is 0 Å². The Kier molecular flexibility index (Phi) is 9.66. The molecule has 10 rings (SSSR count). The molecule has 0 aliphatic rings. The molecule has 0 fully saturated rings. The minimum absolute atomic E-state index is 0.735. The first-order valence-corrected chi connectivity index (χ1v) is 18.5. The van der Waals surface area contributed by atoms with Crippen LogP contribution in [0.1, 0.15) is 11.1 Å². The van der Waals surface area contributed by atoms with E-state index in [0.29, 0.717) is 0 Å². The summed E-state index contributed by atoms with van der Waals surface area (Å²) >= 11 is 14.4. The van der Waals surface area contributed by atoms with Gasteiger partial charge in [0.15, 0.2) is 4.30 Å². The fraction of sp³-hybridized carbons (Fsp3) is 0.0213. The van der Waals surface area contributed by atoms with E-state index < -0.39 is 4.30 Å². The molecular formula is C47H29Cl3N4. The van der Waals surface area contributed by atoms with Crippen molar-refractivity contribution in [3.63, 3.8) is 0 Å². The lowest BCUT2D eigenvalue weighted by molar-refractivity contribution is 1.50. The second-order valence-corrected chi connectivity index (χ2v) is 14.6. The van der Waals surface area contributed by atoms with Gasteiger partial charge in [0.05, 0.1) is 22.2 Å². The predicted molar refractivity (Wildman–Crippen MR) is 228 cm³/mol. The Labute approximate surface area is 326 Å². The average Bonchev–Trinajstić information content (AvgIpc) is 3.80. The number of alkyl halides is 3. The first-order valence-electron chi connectivity index (χ1n) is 17.2. The number of halogens is 3. The van der Waals surface area contributed by atoms with Crippen LogP contribution in [-0.4, -0.2) is 14.3 Å². The van der Waals surface area contributed by atoms with Gasteiger partial charge in [0.25, 0.3) is 0 Å². The number of nitriles is 2. The highest BCUT2D eigenvalue weighted by atomic mass is 35.6. The van der Waals surface area contributed by atoms with E-state index in [1.807, 2.05) is 97.1 Å². The molecule has 258 valence electrons. The maximum absolute atomic E-state index is 9.99. The van der Waals surface area contributed by atoms with Crippen molar-refractivity contribution in [2.75, 3.05) is 0 Å². The van der Waals surface area contributed by atoms with E-state index in [2.05, 4.69) is 82.8 Å². The van der Waals surface area contributed by atoms with E-state index in [-0.39, 0.29) is 0 Å². The molecule has 0 bridgehead atoms. The van der Waals surface area contributed by atoms with Crippen LogP contribution in [-0.2, 0) is 0 Å². The Morgan fingerprint density at radius 2 is 0.685 bits per heavy atom. The third-order valence-electron chi connectivity index (χ3n) is 9.69. The number of hydrogen-bond acceptors (Lipinski definition) is 2. The summed E-state index contributed by atoms with van der Waals surface area (Å²) in [6.45, 7) is 0. The van der Waals surface area contributed by atoms with Gasteiger partial charge in [-0.1, -0.05) is 180 Å². The standard InChI is InChI=1S/2C23H14N2.CHCl3/c2*24-14-19-16-10-4-5-11-17(16)23-22(18-12-6-7-13-20(18)25-23)21(19)15-8-2-1-3-9-15;2-1(3)4/h2*1-13,25H;1H. The summed E-state index contributed by atoms with van der Waals surface area (Å²) in [5, 5.41) is 28.7. The summed E-state index contributed by atoms with van der Waals surface area (Å²) in [6.07, 6.45) is 0. The number of para-hydroxylation sites is 2. The van der Waals surface area contributed by atoms with Crippen molar-refractivity contribution in [1.82, 2.24) is 9.97 Å². The van der Waals surface area contributed by atoms with Gasteiger partial charge in [-0.05, 0) is 23.3 Å². The molecule has 0 atom stereocenters. The first-order chi connectivity index (χ1) is 26.5. The number of H-pyrrole nitrogens is 2. The molecule has 2 aromatic heterocycles. The van der Waals surface area contributed by atoms with Crippen LogP contribution in [0.5, 0.6) is 0 Å². The maximum atomic E-state index is 9.99. The van der Waals surface area contributed by atoms with Crippen LogP contribution in [0.25, 0.3) is 87.4 Å². The summed E-state index contributed by atoms with van der Waals surface area (Å²) in [6, 6.07) is 58.2. The number of fused-ring (bicyclic) bond motifs is 10. The Bertz CT molecular complexity index is 2850. The molecule has 0 unspecified atom stereocenters. The molecule has 0 aliphatic heterocycles. The molecule has 4 nitrogen and oxygen atoms in total. The molecule has 10 aromatic rings. The molecule has 0 spiro atoms. The SMILES string of the molecule is ClC(Cl)Cl.N#Cc1c(-c2ccccc2)c2c3ccccc3[nH]c2c2ccccc12.N#Cc1c(-c2ccccc2)c2c3ccccc3[nH]c2c2ccccc12. The summed E-state index contributed by atoms with van der Waals surface area (Å²) in [4.78, 5) is 7.15. The minimum atomic E-state index is -0.750. The predicted octanol–water partition coefficient (Wildman–Crippen LogP) is 14.0. The molecule has 7 heteroatoms. The van der Waals surface area contributed by atoms with Gasteiger partial charge in [-0.2, -0.15) is 10.5 Å². The lowest BCUT2D eigenvalue weighted by atomic mass is 9.90. The lowest BCUT2D eigenvalue weighted by Gasteiger charge is -2.11. The molecule has 8 aromatic carbocycles. The van der Waals surface area contributed by atoms with E-state index in [1.54, 1.807) is 0 Å². The van der Waals surface area contributed by atoms with Crippen molar-refractivity contribution in [3.05, 3.63) is 169 Å². The van der Waals surface area contributed by atoms with Crippen molar-refractivity contribution in [2.24, 2.45) is 0 Å². The van der Waals surface area contributed by atoms with Gasteiger partial charge >= 0.3 is 0 Å². The molecule has 0 amide bonds. The van der Waals surface area contributed by atoms with E-state index in [4.69, 9.17) is 34.8 Å². The van der Waals surface area contributed by atoms with Gasteiger partial charge < -0.3 is 9.97 Å². The van der Waals surface area contributed by atoms with Gasteiger partial charge in [-0.25, -0.2) is 0 Å². The highest BCUT2D eigenvalue weighted by molar-refractivity contribution is 6.63. The average molecular weight is 756 g/mol. The zero-order chi connectivity index (χ0) is 37.2. The first kappa shape index (κ1) is 34.8. The van der Waals surface area contributed by atoms with Crippen molar-refractivity contribution < 1.29 is 0 Å². The Hall–Kier alpha value is -6.27. The molecular weight excluding hydrogens is 727 g/mol. The highest BCUT2D eigenvalue weighted by Crippen LogP contribution is 2.43. The molecule has 0 saturated heterocycles. The smallest absolute Gasteiger partial charge is 0.180 e. The molecule has 0 saturated carbocycles. The van der Waals surface area contributed by atoms with Crippen molar-refractivity contribution in [1.29, 1.82) is 10.5 Å². The van der Waals surface area contributed by atoms with Gasteiger partial charge in [0.2, 0.25) is 0 Å². The van der Waals surface area contributed by atoms with E-state index >= 15 is 0 Å². The third-order valence-corrected chi connectivity index (χ3v) is 9.69. The zero-order valence-electron chi connectivity index (χ0n) is 28.6. The molecule has 2 N–H and O–H groups in total. The number of nitrogens with one attached hydrogen (secondary N) is 2. The van der Waals surface area contributed by atoms with Crippen molar-refractivity contribution in [3.8, 4) is 34.4 Å². The van der Waals surface area contributed by atoms with Gasteiger partial charge in [0.1, 0.15) is 12.1 Å². The lowest BCUT2D eigenvalue weighted by Crippen LogP contribution is -1.90. The second-order valence-electron chi connectivity index (χ2n) is 12.6. The highest BCUT2D eigenvalue weighted by Gasteiger charge is 2.20. The number of aromatic amines is 2. The molecule has 2 heterocycles. The quantitative estimate of drug-likeness (QED) is 0.172. The minimum Gasteiger partial charge on any atom is -0.354 e. The number of hydrogen-bond donors (Lipinski definition) is 2. The number of rotatable bonds is 2. The van der Waals surface area contributed by atoms with Gasteiger partial charge in [0, 0.05) is 65.3 Å². The third kappa shape index (κ3) is 6.17. The van der Waals surface area contributed by atoms with Gasteiger partial charge in [-0.15, -0.1) is 0 Å². The van der Waals surface area contributed by atoms with Crippen LogP contribution in [0.3, 0.4) is 0 Å². The van der Waals surface area contributed by atoms with Crippen LogP contribution in [0.4, 0.5) is 0 Å². The fourth-order valence-electron chi connectivity index (χ4n) is 7.58. The summed E-state index contributed by atoms with van der Waals surface area (Å²) in [5.74, 6) is 0. The van der Waals surface area contributed by atoms with E-state index in [0.717, 1.165) is 98.5 Å². The van der Waals surface area contributed by atoms with E-state index in [9.17, 15) is 10.5 Å². The summed E-state index contributed by atoms with van der Waals surface area (Å²) in [5.41, 5.74) is 10.00. The normalized spacial score (nSPS) is 11.0.